The van der Waals surface area contributed by atoms with Crippen LogP contribution in [0.2, 0.25) is 0 Å². The van der Waals surface area contributed by atoms with Crippen molar-refractivity contribution in [2.45, 2.75) is 95.6 Å². The van der Waals surface area contributed by atoms with Crippen LogP contribution in [-0.2, 0) is 23.8 Å². The molecule has 2 aliphatic heterocycles. The van der Waals surface area contributed by atoms with Crippen LogP contribution in [0.3, 0.4) is 0 Å². The number of amides is 1. The molecule has 1 amide bonds. The van der Waals surface area contributed by atoms with Gasteiger partial charge in [-0.1, -0.05) is 25.4 Å². The monoisotopic (exact) mass is 770 g/mol. The lowest BCUT2D eigenvalue weighted by Gasteiger charge is -2.42. The summed E-state index contributed by atoms with van der Waals surface area (Å²) in [6.45, 7) is 9.10. The molecule has 3 aromatic rings. The number of allylic oxidation sites excluding steroid dienone is 1. The van der Waals surface area contributed by atoms with E-state index >= 15 is 17.6 Å². The zero-order valence-electron chi connectivity index (χ0n) is 29.3. The van der Waals surface area contributed by atoms with Crippen LogP contribution in [-0.4, -0.2) is 74.4 Å². The number of aromatic nitrogens is 3. The molecule has 3 aromatic heterocycles. The number of alkyl halides is 4. The summed E-state index contributed by atoms with van der Waals surface area (Å²) < 4.78 is 74.6. The lowest BCUT2D eigenvalue weighted by molar-refractivity contribution is -0.144. The number of fused-ring (bicyclic) bond motifs is 5. The first-order valence-corrected chi connectivity index (χ1v) is 17.9. The maximum atomic E-state index is 15.9. The SMILES string of the molecule is CCc1cncc(CC)c1-n1c(=O)c2c(c3cc(C(F)(F)F)n([C@H]4C(F)=C(Cl)C[C@@H](Cl)C4N)c(=O)c31)N1CCN(C(=O)OC(C)(C)C)C[C@@H]1CCO2. The number of hydrogen-bond acceptors (Lipinski definition) is 8. The van der Waals surface area contributed by atoms with E-state index in [2.05, 4.69) is 4.98 Å². The summed E-state index contributed by atoms with van der Waals surface area (Å²) in [7, 11) is 0. The maximum Gasteiger partial charge on any atom is 0.431 e. The molecule has 1 unspecified atom stereocenters. The van der Waals surface area contributed by atoms with Crippen LogP contribution in [0.5, 0.6) is 5.75 Å². The third kappa shape index (κ3) is 6.53. The van der Waals surface area contributed by atoms with Gasteiger partial charge in [0, 0.05) is 56.3 Å². The van der Waals surface area contributed by atoms with Crippen molar-refractivity contribution in [3.8, 4) is 11.4 Å². The van der Waals surface area contributed by atoms with Gasteiger partial charge in [-0.2, -0.15) is 13.2 Å². The number of piperazine rings is 1. The number of nitrogens with two attached hydrogens (primary N) is 1. The molecule has 282 valence electrons. The molecular weight excluding hydrogens is 731 g/mol. The fraction of sp³-hybridized carbons (Fsp3) is 0.543. The number of rotatable bonds is 4. The number of carbonyl (C=O) groups is 1. The Bertz CT molecular complexity index is 2060. The van der Waals surface area contributed by atoms with Crippen molar-refractivity contribution in [3.05, 3.63) is 66.8 Å². The van der Waals surface area contributed by atoms with E-state index in [9.17, 15) is 14.4 Å². The molecule has 5 heterocycles. The largest absolute Gasteiger partial charge is 0.486 e. The van der Waals surface area contributed by atoms with Crippen molar-refractivity contribution in [2.75, 3.05) is 31.1 Å². The predicted molar refractivity (Wildman–Crippen MR) is 190 cm³/mol. The van der Waals surface area contributed by atoms with E-state index in [0.717, 1.165) is 10.6 Å². The number of aryl methyl sites for hydroxylation is 2. The zero-order chi connectivity index (χ0) is 38.0. The highest BCUT2D eigenvalue weighted by atomic mass is 35.5. The second-order valence-electron chi connectivity index (χ2n) is 14.2. The summed E-state index contributed by atoms with van der Waals surface area (Å²) in [5.41, 5.74) is 2.71. The normalized spacial score (nSPS) is 22.5. The fourth-order valence-electron chi connectivity index (χ4n) is 7.31. The lowest BCUT2D eigenvalue weighted by Crippen LogP contribution is -2.55. The number of ether oxygens (including phenoxy) is 2. The van der Waals surface area contributed by atoms with Crippen molar-refractivity contribution in [1.82, 2.24) is 19.0 Å². The molecule has 17 heteroatoms. The first-order valence-electron chi connectivity index (χ1n) is 17.1. The van der Waals surface area contributed by atoms with Gasteiger partial charge in [-0.15, -0.1) is 11.6 Å². The highest BCUT2D eigenvalue weighted by Crippen LogP contribution is 2.45. The molecule has 2 N–H and O–H groups in total. The van der Waals surface area contributed by atoms with Crippen LogP contribution >= 0.6 is 23.2 Å². The van der Waals surface area contributed by atoms with Crippen LogP contribution in [0.25, 0.3) is 16.6 Å². The minimum Gasteiger partial charge on any atom is -0.486 e. The maximum absolute atomic E-state index is 15.9. The third-order valence-corrected chi connectivity index (χ3v) is 10.5. The number of nitrogens with zero attached hydrogens (tertiary/aromatic N) is 5. The van der Waals surface area contributed by atoms with Gasteiger partial charge in [-0.25, -0.2) is 9.18 Å². The minimum absolute atomic E-state index is 0.0135. The Balaban J connectivity index is 1.73. The summed E-state index contributed by atoms with van der Waals surface area (Å²) in [4.78, 5) is 50.4. The zero-order valence-corrected chi connectivity index (χ0v) is 30.8. The van der Waals surface area contributed by atoms with Gasteiger partial charge in [0.2, 0.25) is 5.75 Å². The summed E-state index contributed by atoms with van der Waals surface area (Å²) in [6, 6.07) is -3.32. The molecule has 11 nitrogen and oxygen atoms in total. The topological polar surface area (TPSA) is 125 Å². The van der Waals surface area contributed by atoms with Crippen LogP contribution in [0.1, 0.15) is 70.3 Å². The molecule has 1 fully saturated rings. The summed E-state index contributed by atoms with van der Waals surface area (Å²) >= 11 is 12.5. The first kappa shape index (κ1) is 37.9. The Hall–Kier alpha value is -3.82. The van der Waals surface area contributed by atoms with E-state index in [1.54, 1.807) is 25.7 Å². The second-order valence-corrected chi connectivity index (χ2v) is 15.2. The molecule has 1 aliphatic carbocycles. The van der Waals surface area contributed by atoms with Gasteiger partial charge in [0.15, 0.2) is 0 Å². The van der Waals surface area contributed by atoms with Crippen molar-refractivity contribution in [3.63, 3.8) is 0 Å². The number of anilines is 1. The van der Waals surface area contributed by atoms with Crippen molar-refractivity contribution >= 4 is 45.9 Å². The van der Waals surface area contributed by atoms with Crippen molar-refractivity contribution < 1.29 is 31.8 Å². The molecule has 6 rings (SSSR count). The smallest absolute Gasteiger partial charge is 0.431 e. The Morgan fingerprint density at radius 2 is 1.73 bits per heavy atom. The van der Waals surface area contributed by atoms with Gasteiger partial charge in [0.25, 0.3) is 11.1 Å². The molecule has 3 aliphatic rings. The molecule has 52 heavy (non-hydrogen) atoms. The van der Waals surface area contributed by atoms with Gasteiger partial charge < -0.3 is 25.0 Å². The highest BCUT2D eigenvalue weighted by Gasteiger charge is 2.46. The van der Waals surface area contributed by atoms with E-state index in [1.807, 2.05) is 13.8 Å². The predicted octanol–water partition coefficient (Wildman–Crippen LogP) is 6.20. The molecule has 0 saturated carbocycles. The van der Waals surface area contributed by atoms with E-state index in [0.29, 0.717) is 24.0 Å². The van der Waals surface area contributed by atoms with Gasteiger partial charge >= 0.3 is 12.3 Å². The van der Waals surface area contributed by atoms with Crippen molar-refractivity contribution in [1.29, 1.82) is 0 Å². The Morgan fingerprint density at radius 1 is 1.08 bits per heavy atom. The number of halogens is 6. The Kier molecular flexibility index (Phi) is 10.1. The minimum atomic E-state index is -5.22. The van der Waals surface area contributed by atoms with Crippen LogP contribution in [0.15, 0.2) is 38.9 Å². The van der Waals surface area contributed by atoms with Crippen molar-refractivity contribution in [2.24, 2.45) is 5.73 Å². The third-order valence-electron chi connectivity index (χ3n) is 9.73. The molecule has 4 atom stereocenters. The summed E-state index contributed by atoms with van der Waals surface area (Å²) in [5, 5.41) is -1.81. The molecule has 0 spiro atoms. The fourth-order valence-corrected chi connectivity index (χ4v) is 7.96. The van der Waals surface area contributed by atoms with E-state index < -0.39 is 74.6 Å². The second kappa shape index (κ2) is 13.9. The number of pyridine rings is 3. The van der Waals surface area contributed by atoms with Gasteiger partial charge in [-0.3, -0.25) is 23.7 Å². The molecule has 0 bridgehead atoms. The first-order chi connectivity index (χ1) is 24.4. The highest BCUT2D eigenvalue weighted by molar-refractivity contribution is 6.31. The van der Waals surface area contributed by atoms with Gasteiger partial charge in [0.05, 0.1) is 34.4 Å². The standard InChI is InChI=1S/C35H40Cl2F4N6O5/c1-6-17-14-43-15-18(7-2)26(17)47-28-20(12-23(35(39,40)41)46(31(28)48)29-24(38)21(36)13-22(37)25(29)42)27-30(32(47)49)51-11-8-19-16-44(9-10-45(19)27)33(50)52-34(3,4)5/h12,14-15,19,22,25,29H,6-11,13,16,42H2,1-5H3/t19-,22+,25?,29-/m0/s1. The lowest BCUT2D eigenvalue weighted by atomic mass is 9.94. The molecular formula is C35H40Cl2F4N6O5. The molecule has 0 radical (unpaired) electrons. The molecule has 0 aromatic carbocycles. The van der Waals surface area contributed by atoms with Crippen LogP contribution in [0.4, 0.5) is 28.0 Å². The van der Waals surface area contributed by atoms with E-state index in [1.165, 1.54) is 17.3 Å². The number of hydrogen-bond donors (Lipinski definition) is 1. The summed E-state index contributed by atoms with van der Waals surface area (Å²) in [5.74, 6) is -1.48. The van der Waals surface area contributed by atoms with Gasteiger partial charge in [0.1, 0.15) is 28.7 Å². The van der Waals surface area contributed by atoms with Gasteiger partial charge in [-0.05, 0) is 50.8 Å². The molecule has 1 saturated heterocycles. The quantitative estimate of drug-likeness (QED) is 0.246. The average molecular weight is 772 g/mol. The summed E-state index contributed by atoms with van der Waals surface area (Å²) in [6.07, 6.45) is -2.01. The van der Waals surface area contributed by atoms with E-state index in [-0.39, 0.29) is 66.2 Å². The Morgan fingerprint density at radius 3 is 2.33 bits per heavy atom. The van der Waals surface area contributed by atoms with E-state index in [4.69, 9.17) is 38.4 Å². The number of carbonyl (C=O) groups excluding carboxylic acids is 1. The van der Waals surface area contributed by atoms with Crippen LogP contribution in [0, 0.1) is 0 Å². The van der Waals surface area contributed by atoms with Crippen LogP contribution < -0.4 is 26.5 Å². The Labute approximate surface area is 306 Å². The average Bonchev–Trinajstić information content (AvgIpc) is 3.27.